The van der Waals surface area contributed by atoms with Crippen molar-refractivity contribution < 1.29 is 23.9 Å². The van der Waals surface area contributed by atoms with Crippen LogP contribution < -0.4 is 26.0 Å². The second kappa shape index (κ2) is 17.8. The van der Waals surface area contributed by atoms with Crippen LogP contribution in [0.4, 0.5) is 11.5 Å². The van der Waals surface area contributed by atoms with Crippen LogP contribution in [0.1, 0.15) is 90.1 Å². The molecule has 63 heavy (non-hydrogen) atoms. The van der Waals surface area contributed by atoms with Crippen LogP contribution in [-0.2, 0) is 16.1 Å². The molecule has 4 fully saturated rings. The molecule has 4 amide bonds. The number of para-hydroxylation sites is 1. The molecule has 0 radical (unpaired) electrons. The van der Waals surface area contributed by atoms with Crippen LogP contribution in [0.2, 0.25) is 0 Å². The quantitative estimate of drug-likeness (QED) is 0.155. The molecule has 0 saturated carbocycles. The molecule has 6 aliphatic heterocycles. The van der Waals surface area contributed by atoms with E-state index in [1.807, 2.05) is 60.7 Å². The van der Waals surface area contributed by atoms with Crippen LogP contribution in [0.5, 0.6) is 11.5 Å². The van der Waals surface area contributed by atoms with Crippen LogP contribution in [0.3, 0.4) is 0 Å². The average Bonchev–Trinajstić information content (AvgIpc) is 3.86. The number of likely N-dealkylation sites (tertiary alicyclic amines) is 2. The van der Waals surface area contributed by atoms with Crippen molar-refractivity contribution >= 4 is 35.1 Å². The van der Waals surface area contributed by atoms with Crippen molar-refractivity contribution in [1.82, 2.24) is 29.8 Å². The summed E-state index contributed by atoms with van der Waals surface area (Å²) in [4.78, 5) is 59.7. The maximum Gasteiger partial charge on any atom is 0.255 e. The van der Waals surface area contributed by atoms with E-state index < -0.39 is 11.9 Å². The minimum absolute atomic E-state index is 0.119. The van der Waals surface area contributed by atoms with Gasteiger partial charge in [0.2, 0.25) is 11.8 Å². The summed E-state index contributed by atoms with van der Waals surface area (Å²) >= 11 is 0. The number of piperidine rings is 4. The molecule has 6 aliphatic rings. The Morgan fingerprint density at radius 3 is 2.11 bits per heavy atom. The molecule has 7 heterocycles. The maximum atomic E-state index is 13.2. The predicted octanol–water partition coefficient (Wildman–Crippen LogP) is 5.90. The van der Waals surface area contributed by atoms with E-state index in [1.54, 1.807) is 4.90 Å². The topological polar surface area (TPSA) is 158 Å². The summed E-state index contributed by atoms with van der Waals surface area (Å²) in [5, 5.41) is 10.9. The number of anilines is 2. The standard InChI is InChI=1S/C49H59N9O5/c50-46(60)44-45(35-6-9-39(10-7-35)63-38-4-2-1-3-5-38)53-58-41(14-21-51-47(44)58)34-19-24-55(25-20-34)29-32-15-22-54(23-16-32)30-33-17-26-56(27-18-33)37-8-11-40-36(28-37)31-57(49(40)62)42-12-13-43(59)52-48(42)61/h1-11,28,32-34,41-42,51H,12-27,29-31H2,(H2,50,60)(H,52,59,61)/t41-,42?/m0/s1. The van der Waals surface area contributed by atoms with Crippen molar-refractivity contribution in [1.29, 1.82) is 0 Å². The Bertz CT molecular complexity index is 2330. The smallest absolute Gasteiger partial charge is 0.255 e. The number of carbonyl (C=O) groups is 4. The molecule has 330 valence electrons. The number of aromatic nitrogens is 2. The zero-order chi connectivity index (χ0) is 43.0. The van der Waals surface area contributed by atoms with Gasteiger partial charge in [0.25, 0.3) is 11.8 Å². The van der Waals surface area contributed by atoms with Crippen molar-refractivity contribution in [2.24, 2.45) is 23.5 Å². The van der Waals surface area contributed by atoms with Crippen molar-refractivity contribution in [3.8, 4) is 22.8 Å². The van der Waals surface area contributed by atoms with E-state index in [0.29, 0.717) is 41.6 Å². The number of fused-ring (bicyclic) bond motifs is 2. The SMILES string of the molecule is NC(=O)c1c(-c2ccc(Oc3ccccc3)cc2)nn2c1NCC[C@H]2C1CCN(CC2CCN(CC3CCN(c4ccc5c(c4)CN(C4CCC(=O)NC4=O)C5=O)CC3)CC2)CC1. The summed E-state index contributed by atoms with van der Waals surface area (Å²) in [6.07, 6.45) is 8.69. The zero-order valence-electron chi connectivity index (χ0n) is 36.1. The first-order valence-corrected chi connectivity index (χ1v) is 23.2. The van der Waals surface area contributed by atoms with Gasteiger partial charge >= 0.3 is 0 Å². The number of carbonyl (C=O) groups excluding carboxylic acids is 4. The molecule has 14 nitrogen and oxygen atoms in total. The van der Waals surface area contributed by atoms with E-state index in [-0.39, 0.29) is 30.2 Å². The summed E-state index contributed by atoms with van der Waals surface area (Å²) in [5.41, 5.74) is 10.7. The molecule has 4 N–H and O–H groups in total. The van der Waals surface area contributed by atoms with Crippen LogP contribution >= 0.6 is 0 Å². The molecular weight excluding hydrogens is 795 g/mol. The molecule has 3 aromatic carbocycles. The number of imide groups is 1. The van der Waals surface area contributed by atoms with Gasteiger partial charge in [-0.15, -0.1) is 0 Å². The molecule has 14 heteroatoms. The number of ether oxygens (including phenoxy) is 1. The highest BCUT2D eigenvalue weighted by Gasteiger charge is 2.40. The number of nitrogens with zero attached hydrogens (tertiary/aromatic N) is 6. The number of hydrogen-bond donors (Lipinski definition) is 3. The van der Waals surface area contributed by atoms with Crippen LogP contribution in [0, 0.1) is 17.8 Å². The first-order valence-electron chi connectivity index (χ1n) is 23.2. The molecule has 1 aromatic heterocycles. The molecule has 1 unspecified atom stereocenters. The van der Waals surface area contributed by atoms with Crippen molar-refractivity contribution in [3.63, 3.8) is 0 Å². The fourth-order valence-electron chi connectivity index (χ4n) is 11.2. The Balaban J connectivity index is 0.672. The third kappa shape index (κ3) is 8.67. The highest BCUT2D eigenvalue weighted by molar-refractivity contribution is 6.06. The molecule has 4 saturated heterocycles. The van der Waals surface area contributed by atoms with Gasteiger partial charge in [0.05, 0.1) is 6.04 Å². The van der Waals surface area contributed by atoms with Gasteiger partial charge in [-0.05, 0) is 155 Å². The highest BCUT2D eigenvalue weighted by Crippen LogP contribution is 2.41. The minimum atomic E-state index is -0.586. The number of nitrogens with two attached hydrogens (primary N) is 1. The van der Waals surface area contributed by atoms with E-state index >= 15 is 0 Å². The third-order valence-corrected chi connectivity index (χ3v) is 14.7. The van der Waals surface area contributed by atoms with Gasteiger partial charge in [-0.25, -0.2) is 4.68 Å². The number of rotatable bonds is 11. The van der Waals surface area contributed by atoms with Gasteiger partial charge in [0.1, 0.15) is 34.6 Å². The van der Waals surface area contributed by atoms with E-state index in [1.165, 1.54) is 39.0 Å². The fourth-order valence-corrected chi connectivity index (χ4v) is 11.2. The van der Waals surface area contributed by atoms with E-state index in [9.17, 15) is 19.2 Å². The lowest BCUT2D eigenvalue weighted by molar-refractivity contribution is -0.136. The van der Waals surface area contributed by atoms with Gasteiger partial charge in [0.15, 0.2) is 0 Å². The van der Waals surface area contributed by atoms with Crippen molar-refractivity contribution in [3.05, 3.63) is 89.5 Å². The summed E-state index contributed by atoms with van der Waals surface area (Å²) in [7, 11) is 0. The van der Waals surface area contributed by atoms with E-state index in [2.05, 4.69) is 42.1 Å². The Kier molecular flexibility index (Phi) is 11.7. The second-order valence-electron chi connectivity index (χ2n) is 18.7. The summed E-state index contributed by atoms with van der Waals surface area (Å²) in [6, 6.07) is 23.2. The lowest BCUT2D eigenvalue weighted by Crippen LogP contribution is -2.52. The summed E-state index contributed by atoms with van der Waals surface area (Å²) in [5.74, 6) is 2.93. The van der Waals surface area contributed by atoms with Gasteiger partial charge in [0, 0.05) is 62.5 Å². The van der Waals surface area contributed by atoms with E-state index in [4.69, 9.17) is 15.6 Å². The summed E-state index contributed by atoms with van der Waals surface area (Å²) < 4.78 is 8.07. The predicted molar refractivity (Wildman–Crippen MR) is 241 cm³/mol. The number of amides is 4. The molecule has 4 aromatic rings. The Morgan fingerprint density at radius 1 is 0.762 bits per heavy atom. The lowest BCUT2D eigenvalue weighted by Gasteiger charge is -2.41. The average molecular weight is 854 g/mol. The van der Waals surface area contributed by atoms with Gasteiger partial charge in [-0.1, -0.05) is 18.2 Å². The Hall–Kier alpha value is -5.73. The number of benzene rings is 3. The summed E-state index contributed by atoms with van der Waals surface area (Å²) in [6.45, 7) is 10.1. The molecule has 10 rings (SSSR count). The number of nitrogens with one attached hydrogen (secondary N) is 2. The molecule has 2 atom stereocenters. The first kappa shape index (κ1) is 41.3. The number of hydrogen-bond acceptors (Lipinski definition) is 10. The van der Waals surface area contributed by atoms with E-state index in [0.717, 1.165) is 105 Å². The van der Waals surface area contributed by atoms with Crippen LogP contribution in [0.25, 0.3) is 11.3 Å². The minimum Gasteiger partial charge on any atom is -0.457 e. The van der Waals surface area contributed by atoms with Gasteiger partial charge in [-0.2, -0.15) is 5.10 Å². The van der Waals surface area contributed by atoms with Crippen LogP contribution in [0.15, 0.2) is 72.8 Å². The number of primary amides is 1. The Morgan fingerprint density at radius 2 is 1.43 bits per heavy atom. The van der Waals surface area contributed by atoms with Crippen LogP contribution in [-0.4, -0.2) is 113 Å². The maximum absolute atomic E-state index is 13.2. The second-order valence-corrected chi connectivity index (χ2v) is 18.7. The van der Waals surface area contributed by atoms with Gasteiger partial charge < -0.3 is 35.4 Å². The highest BCUT2D eigenvalue weighted by atomic mass is 16.5. The third-order valence-electron chi connectivity index (χ3n) is 14.7. The molecule has 0 spiro atoms. The van der Waals surface area contributed by atoms with Gasteiger partial charge in [-0.3, -0.25) is 24.5 Å². The monoisotopic (exact) mass is 853 g/mol. The Labute approximate surface area is 369 Å². The molecular formula is C49H59N9O5. The lowest BCUT2D eigenvalue weighted by atomic mass is 9.86. The van der Waals surface area contributed by atoms with Crippen molar-refractivity contribution in [2.75, 3.05) is 69.1 Å². The normalized spacial score (nSPS) is 23.0. The largest absolute Gasteiger partial charge is 0.457 e. The van der Waals surface area contributed by atoms with Crippen molar-refractivity contribution in [2.45, 2.75) is 76.4 Å². The molecule has 0 bridgehead atoms. The molecule has 0 aliphatic carbocycles. The first-order chi connectivity index (χ1) is 30.7. The fraction of sp³-hybridized carbons (Fsp3) is 0.490. The zero-order valence-corrected chi connectivity index (χ0v) is 36.1.